The molecule has 0 unspecified atom stereocenters. The van der Waals surface area contributed by atoms with Gasteiger partial charge in [0, 0.05) is 19.6 Å². The second-order valence-corrected chi connectivity index (χ2v) is 7.51. The highest BCUT2D eigenvalue weighted by Crippen LogP contribution is 2.27. The number of amides is 2. The van der Waals surface area contributed by atoms with Gasteiger partial charge in [-0.15, -0.1) is 0 Å². The number of piperidine rings is 1. The minimum Gasteiger partial charge on any atom is -0.444 e. The molecule has 132 valence electrons. The molecule has 0 atom stereocenters. The van der Waals surface area contributed by atoms with E-state index >= 15 is 0 Å². The molecule has 1 saturated heterocycles. The van der Waals surface area contributed by atoms with E-state index in [9.17, 15) is 9.59 Å². The predicted molar refractivity (Wildman–Crippen MR) is 89.0 cm³/mol. The zero-order valence-electron chi connectivity index (χ0n) is 14.7. The van der Waals surface area contributed by atoms with Crippen molar-refractivity contribution in [1.29, 1.82) is 0 Å². The third-order valence-corrected chi connectivity index (χ3v) is 4.48. The zero-order valence-corrected chi connectivity index (χ0v) is 14.7. The smallest absolute Gasteiger partial charge is 0.410 e. The highest BCUT2D eigenvalue weighted by Gasteiger charge is 2.30. The maximum atomic E-state index is 12.2. The number of hydrogen-bond donors (Lipinski definition) is 1. The first-order valence-electron chi connectivity index (χ1n) is 8.67. The minimum atomic E-state index is -0.472. The van der Waals surface area contributed by atoms with E-state index in [-0.39, 0.29) is 18.0 Å². The minimum absolute atomic E-state index is 0.0278. The van der Waals surface area contributed by atoms with Crippen molar-refractivity contribution in [2.75, 3.05) is 19.6 Å². The molecule has 3 rings (SSSR count). The van der Waals surface area contributed by atoms with Crippen molar-refractivity contribution in [2.24, 2.45) is 0 Å². The lowest BCUT2D eigenvalue weighted by molar-refractivity contribution is 0.0184. The second kappa shape index (κ2) is 6.45. The molecule has 2 aliphatic heterocycles. The average molecular weight is 334 g/mol. The lowest BCUT2D eigenvalue weighted by Crippen LogP contribution is -2.42. The fraction of sp³-hybridized carbons (Fsp3) is 0.706. The van der Waals surface area contributed by atoms with Crippen molar-refractivity contribution in [3.05, 3.63) is 17.5 Å². The number of nitrogens with one attached hydrogen (secondary N) is 1. The normalized spacial score (nSPS) is 19.5. The molecule has 2 aliphatic rings. The summed E-state index contributed by atoms with van der Waals surface area (Å²) in [7, 11) is 0. The summed E-state index contributed by atoms with van der Waals surface area (Å²) in [4.78, 5) is 26.0. The van der Waals surface area contributed by atoms with E-state index in [1.807, 2.05) is 25.5 Å². The first-order chi connectivity index (χ1) is 11.3. The van der Waals surface area contributed by atoms with Crippen LogP contribution in [-0.2, 0) is 11.2 Å². The van der Waals surface area contributed by atoms with Crippen LogP contribution in [0.2, 0.25) is 0 Å². The zero-order chi connectivity index (χ0) is 17.3. The van der Waals surface area contributed by atoms with Crippen LogP contribution in [0.5, 0.6) is 0 Å². The maximum Gasteiger partial charge on any atom is 0.410 e. The molecular formula is C17H26N4O3. The molecule has 1 fully saturated rings. The fourth-order valence-corrected chi connectivity index (χ4v) is 3.31. The van der Waals surface area contributed by atoms with E-state index in [2.05, 4.69) is 10.4 Å². The van der Waals surface area contributed by atoms with Gasteiger partial charge in [-0.2, -0.15) is 5.10 Å². The summed E-state index contributed by atoms with van der Waals surface area (Å²) in [6.45, 7) is 7.65. The van der Waals surface area contributed by atoms with E-state index in [4.69, 9.17) is 4.74 Å². The van der Waals surface area contributed by atoms with Crippen molar-refractivity contribution in [2.45, 2.75) is 58.1 Å². The van der Waals surface area contributed by atoms with E-state index in [0.29, 0.717) is 25.2 Å². The molecule has 0 bridgehead atoms. The molecule has 0 spiro atoms. The van der Waals surface area contributed by atoms with Crippen LogP contribution in [0, 0.1) is 0 Å². The SMILES string of the molecule is CC(C)(C)OC(=O)N1CCC(n2ncc3c2CCCNC3=O)CC1. The highest BCUT2D eigenvalue weighted by atomic mass is 16.6. The first-order valence-corrected chi connectivity index (χ1v) is 8.67. The second-order valence-electron chi connectivity index (χ2n) is 7.51. The standard InChI is InChI=1S/C17H26N4O3/c1-17(2,3)24-16(23)20-9-6-12(7-10-20)21-14-5-4-8-18-15(22)13(14)11-19-21/h11-12H,4-10H2,1-3H3,(H,18,22). The van der Waals surface area contributed by atoms with E-state index in [1.165, 1.54) is 0 Å². The van der Waals surface area contributed by atoms with Gasteiger partial charge in [-0.05, 0) is 46.5 Å². The average Bonchev–Trinajstić information content (AvgIpc) is 2.85. The van der Waals surface area contributed by atoms with Crippen LogP contribution in [0.4, 0.5) is 4.79 Å². The molecule has 1 N–H and O–H groups in total. The van der Waals surface area contributed by atoms with Crippen molar-refractivity contribution in [3.63, 3.8) is 0 Å². The van der Waals surface area contributed by atoms with E-state index in [0.717, 1.165) is 31.4 Å². The quantitative estimate of drug-likeness (QED) is 0.853. The molecule has 0 radical (unpaired) electrons. The van der Waals surface area contributed by atoms with Crippen molar-refractivity contribution >= 4 is 12.0 Å². The van der Waals surface area contributed by atoms with Crippen LogP contribution < -0.4 is 5.32 Å². The van der Waals surface area contributed by atoms with Gasteiger partial charge in [0.15, 0.2) is 0 Å². The maximum absolute atomic E-state index is 12.2. The summed E-state index contributed by atoms with van der Waals surface area (Å²) in [5, 5.41) is 7.36. The van der Waals surface area contributed by atoms with Crippen LogP contribution in [0.3, 0.4) is 0 Å². The molecule has 2 amide bonds. The predicted octanol–water partition coefficient (Wildman–Crippen LogP) is 2.13. The Bertz CT molecular complexity index is 624. The van der Waals surface area contributed by atoms with Crippen molar-refractivity contribution < 1.29 is 14.3 Å². The summed E-state index contributed by atoms with van der Waals surface area (Å²) in [5.41, 5.74) is 1.25. The van der Waals surface area contributed by atoms with Gasteiger partial charge >= 0.3 is 6.09 Å². The number of fused-ring (bicyclic) bond motifs is 1. The lowest BCUT2D eigenvalue weighted by atomic mass is 10.0. The number of aromatic nitrogens is 2. The number of ether oxygens (including phenoxy) is 1. The van der Waals surface area contributed by atoms with Crippen LogP contribution >= 0.6 is 0 Å². The molecule has 0 aliphatic carbocycles. The molecule has 1 aromatic heterocycles. The van der Waals surface area contributed by atoms with Gasteiger partial charge in [-0.25, -0.2) is 4.79 Å². The van der Waals surface area contributed by atoms with Gasteiger partial charge in [-0.1, -0.05) is 0 Å². The first kappa shape index (κ1) is 16.8. The van der Waals surface area contributed by atoms with E-state index < -0.39 is 5.60 Å². The topological polar surface area (TPSA) is 76.5 Å². The molecule has 3 heterocycles. The Morgan fingerprint density at radius 1 is 1.33 bits per heavy atom. The Kier molecular flexibility index (Phi) is 4.51. The summed E-state index contributed by atoms with van der Waals surface area (Å²) >= 11 is 0. The Morgan fingerprint density at radius 3 is 2.71 bits per heavy atom. The molecule has 0 saturated carbocycles. The van der Waals surface area contributed by atoms with Crippen LogP contribution in [0.15, 0.2) is 6.20 Å². The van der Waals surface area contributed by atoms with Gasteiger partial charge in [0.25, 0.3) is 5.91 Å². The summed E-state index contributed by atoms with van der Waals surface area (Å²) in [5.74, 6) is -0.0278. The molecule has 7 heteroatoms. The number of nitrogens with zero attached hydrogens (tertiary/aromatic N) is 3. The van der Waals surface area contributed by atoms with Crippen LogP contribution in [0.25, 0.3) is 0 Å². The Balaban J connectivity index is 1.65. The van der Waals surface area contributed by atoms with Gasteiger partial charge in [0.05, 0.1) is 23.5 Å². The number of carbonyl (C=O) groups excluding carboxylic acids is 2. The van der Waals surface area contributed by atoms with Crippen molar-refractivity contribution in [3.8, 4) is 0 Å². The number of rotatable bonds is 1. The van der Waals surface area contributed by atoms with Crippen LogP contribution in [0.1, 0.15) is 62.1 Å². The third-order valence-electron chi connectivity index (χ3n) is 4.48. The largest absolute Gasteiger partial charge is 0.444 e. The lowest BCUT2D eigenvalue weighted by Gasteiger charge is -2.34. The number of hydrogen-bond acceptors (Lipinski definition) is 4. The summed E-state index contributed by atoms with van der Waals surface area (Å²) < 4.78 is 7.44. The van der Waals surface area contributed by atoms with Gasteiger partial charge in [0.2, 0.25) is 0 Å². The Morgan fingerprint density at radius 2 is 2.04 bits per heavy atom. The number of likely N-dealkylation sites (tertiary alicyclic amines) is 1. The fourth-order valence-electron chi connectivity index (χ4n) is 3.31. The molecule has 7 nitrogen and oxygen atoms in total. The van der Waals surface area contributed by atoms with Gasteiger partial charge in [0.1, 0.15) is 5.60 Å². The third kappa shape index (κ3) is 3.55. The van der Waals surface area contributed by atoms with Gasteiger partial charge in [-0.3, -0.25) is 9.48 Å². The van der Waals surface area contributed by atoms with Gasteiger partial charge < -0.3 is 15.0 Å². The number of carbonyl (C=O) groups is 2. The monoisotopic (exact) mass is 334 g/mol. The Hall–Kier alpha value is -2.05. The molecule has 1 aromatic rings. The molecular weight excluding hydrogens is 308 g/mol. The van der Waals surface area contributed by atoms with E-state index in [1.54, 1.807) is 11.1 Å². The summed E-state index contributed by atoms with van der Waals surface area (Å²) in [6.07, 6.45) is 4.88. The summed E-state index contributed by atoms with van der Waals surface area (Å²) in [6, 6.07) is 0.235. The van der Waals surface area contributed by atoms with Crippen LogP contribution in [-0.4, -0.2) is 51.9 Å². The molecule has 0 aromatic carbocycles. The Labute approximate surface area is 142 Å². The highest BCUT2D eigenvalue weighted by molar-refractivity contribution is 5.95. The van der Waals surface area contributed by atoms with Crippen molar-refractivity contribution in [1.82, 2.24) is 20.0 Å². The molecule has 24 heavy (non-hydrogen) atoms.